The molecule has 0 N–H and O–H groups in total. The van der Waals surface area contributed by atoms with Gasteiger partial charge in [-0.3, -0.25) is 0 Å². The second-order valence-electron chi connectivity index (χ2n) is 5.04. The van der Waals surface area contributed by atoms with Gasteiger partial charge in [0.1, 0.15) is 0 Å². The smallest absolute Gasteiger partial charge is 0.211 e. The number of sulfonamides is 1. The van der Waals surface area contributed by atoms with Crippen molar-refractivity contribution in [1.29, 1.82) is 0 Å². The second kappa shape index (κ2) is 5.41. The van der Waals surface area contributed by atoms with Gasteiger partial charge in [-0.25, -0.2) is 8.42 Å². The summed E-state index contributed by atoms with van der Waals surface area (Å²) in [6.45, 7) is 2.65. The molecule has 1 aromatic rings. The van der Waals surface area contributed by atoms with E-state index in [9.17, 15) is 8.42 Å². The maximum atomic E-state index is 11.9. The quantitative estimate of drug-likeness (QED) is 0.839. The maximum Gasteiger partial charge on any atom is 0.211 e. The Morgan fingerprint density at radius 1 is 1.28 bits per heavy atom. The van der Waals surface area contributed by atoms with E-state index in [4.69, 9.17) is 0 Å². The van der Waals surface area contributed by atoms with E-state index < -0.39 is 10.0 Å². The monoisotopic (exact) mass is 267 g/mol. The molecule has 1 aliphatic carbocycles. The average Bonchev–Trinajstić information content (AvgIpc) is 2.34. The minimum atomic E-state index is -3.10. The lowest BCUT2D eigenvalue weighted by molar-refractivity contribution is 0.295. The molecule has 0 amide bonds. The molecule has 18 heavy (non-hydrogen) atoms. The van der Waals surface area contributed by atoms with Crippen LogP contribution in [0.15, 0.2) is 24.3 Å². The summed E-state index contributed by atoms with van der Waals surface area (Å²) >= 11 is 0. The zero-order valence-corrected chi connectivity index (χ0v) is 11.9. The summed E-state index contributed by atoms with van der Waals surface area (Å²) in [6, 6.07) is 8.49. The van der Waals surface area contributed by atoms with Gasteiger partial charge in [-0.1, -0.05) is 31.2 Å². The Balaban J connectivity index is 2.21. The van der Waals surface area contributed by atoms with Crippen LogP contribution in [0.25, 0.3) is 0 Å². The van der Waals surface area contributed by atoms with Crippen LogP contribution >= 0.6 is 0 Å². The van der Waals surface area contributed by atoms with Crippen LogP contribution in [0, 0.1) is 0 Å². The van der Waals surface area contributed by atoms with Gasteiger partial charge < -0.3 is 0 Å². The topological polar surface area (TPSA) is 37.4 Å². The first-order valence-corrected chi connectivity index (χ1v) is 8.40. The molecular formula is C14H21NO2S. The Morgan fingerprint density at radius 3 is 2.56 bits per heavy atom. The predicted molar refractivity (Wildman–Crippen MR) is 74.1 cm³/mol. The fraction of sp³-hybridized carbons (Fsp3) is 0.571. The third-order valence-electron chi connectivity index (χ3n) is 3.60. The van der Waals surface area contributed by atoms with Crippen LogP contribution in [0.1, 0.15) is 30.9 Å². The third-order valence-corrected chi connectivity index (χ3v) is 4.93. The summed E-state index contributed by atoms with van der Waals surface area (Å²) in [5.74, 6) is 0. The molecule has 0 fully saturated rings. The van der Waals surface area contributed by atoms with Crippen LogP contribution < -0.4 is 0 Å². The van der Waals surface area contributed by atoms with Gasteiger partial charge in [0, 0.05) is 12.6 Å². The van der Waals surface area contributed by atoms with Crippen molar-refractivity contribution < 1.29 is 8.42 Å². The number of fused-ring (bicyclic) bond motifs is 1. The van der Waals surface area contributed by atoms with Gasteiger partial charge in [-0.15, -0.1) is 0 Å². The average molecular weight is 267 g/mol. The van der Waals surface area contributed by atoms with Crippen LogP contribution in [-0.4, -0.2) is 31.6 Å². The molecule has 0 heterocycles. The van der Waals surface area contributed by atoms with E-state index in [1.807, 2.05) is 13.0 Å². The molecule has 0 aliphatic heterocycles. The Bertz CT molecular complexity index is 510. The standard InChI is InChI=1S/C14H21NO2S/c1-3-10-15(18(2,16)17)14-9-8-12-6-4-5-7-13(12)11-14/h4-7,14H,3,8-11H2,1-2H3. The molecular weight excluding hydrogens is 246 g/mol. The Labute approximate surface area is 110 Å². The minimum absolute atomic E-state index is 0.134. The van der Waals surface area contributed by atoms with Crippen LogP contribution in [-0.2, 0) is 22.9 Å². The number of hydrogen-bond donors (Lipinski definition) is 0. The van der Waals surface area contributed by atoms with E-state index in [0.29, 0.717) is 6.54 Å². The van der Waals surface area contributed by atoms with E-state index in [0.717, 1.165) is 25.7 Å². The third kappa shape index (κ3) is 2.93. The molecule has 0 radical (unpaired) electrons. The Kier molecular flexibility index (Phi) is 4.07. The highest BCUT2D eigenvalue weighted by atomic mass is 32.2. The summed E-state index contributed by atoms with van der Waals surface area (Å²) in [7, 11) is -3.10. The molecule has 0 spiro atoms. The van der Waals surface area contributed by atoms with Crippen molar-refractivity contribution in [3.63, 3.8) is 0 Å². The SMILES string of the molecule is CCCN(C1CCc2ccccc2C1)S(C)(=O)=O. The van der Waals surface area contributed by atoms with Crippen LogP contribution in [0.5, 0.6) is 0 Å². The van der Waals surface area contributed by atoms with Gasteiger partial charge in [-0.05, 0) is 36.8 Å². The van der Waals surface area contributed by atoms with E-state index in [-0.39, 0.29) is 6.04 Å². The molecule has 1 aliphatic rings. The van der Waals surface area contributed by atoms with Crippen LogP contribution in [0.3, 0.4) is 0 Å². The number of hydrogen-bond acceptors (Lipinski definition) is 2. The van der Waals surface area contributed by atoms with Gasteiger partial charge in [0.2, 0.25) is 10.0 Å². The molecule has 0 bridgehead atoms. The van der Waals surface area contributed by atoms with Crippen LogP contribution in [0.4, 0.5) is 0 Å². The molecule has 0 saturated heterocycles. The predicted octanol–water partition coefficient (Wildman–Crippen LogP) is 2.22. The molecule has 3 nitrogen and oxygen atoms in total. The van der Waals surface area contributed by atoms with Gasteiger partial charge in [-0.2, -0.15) is 4.31 Å². The summed E-state index contributed by atoms with van der Waals surface area (Å²) in [5, 5.41) is 0. The highest BCUT2D eigenvalue weighted by Crippen LogP contribution is 2.25. The maximum absolute atomic E-state index is 11.9. The van der Waals surface area contributed by atoms with Crippen molar-refractivity contribution in [3.05, 3.63) is 35.4 Å². The van der Waals surface area contributed by atoms with Crippen LogP contribution in [0.2, 0.25) is 0 Å². The zero-order chi connectivity index (χ0) is 13.2. The van der Waals surface area contributed by atoms with E-state index in [1.54, 1.807) is 4.31 Å². The van der Waals surface area contributed by atoms with Crippen molar-refractivity contribution in [3.8, 4) is 0 Å². The fourth-order valence-corrected chi connectivity index (χ4v) is 4.00. The summed E-state index contributed by atoms with van der Waals surface area (Å²) in [5.41, 5.74) is 2.68. The summed E-state index contributed by atoms with van der Waals surface area (Å²) in [6.07, 6.45) is 4.96. The van der Waals surface area contributed by atoms with E-state index in [2.05, 4.69) is 18.2 Å². The molecule has 1 unspecified atom stereocenters. The van der Waals surface area contributed by atoms with E-state index >= 15 is 0 Å². The number of nitrogens with zero attached hydrogens (tertiary/aromatic N) is 1. The van der Waals surface area contributed by atoms with Crippen molar-refractivity contribution in [2.45, 2.75) is 38.6 Å². The first-order chi connectivity index (χ1) is 8.52. The highest BCUT2D eigenvalue weighted by molar-refractivity contribution is 7.88. The lowest BCUT2D eigenvalue weighted by Gasteiger charge is -2.33. The lowest BCUT2D eigenvalue weighted by atomic mass is 9.88. The lowest BCUT2D eigenvalue weighted by Crippen LogP contribution is -2.43. The fourth-order valence-electron chi connectivity index (χ4n) is 2.76. The molecule has 0 saturated carbocycles. The molecule has 2 rings (SSSR count). The Hall–Kier alpha value is -0.870. The largest absolute Gasteiger partial charge is 0.212 e. The number of benzene rings is 1. The number of aryl methyl sites for hydroxylation is 1. The van der Waals surface area contributed by atoms with Crippen molar-refractivity contribution in [1.82, 2.24) is 4.31 Å². The normalized spacial score (nSPS) is 19.8. The van der Waals surface area contributed by atoms with Crippen molar-refractivity contribution >= 4 is 10.0 Å². The molecule has 4 heteroatoms. The molecule has 1 aromatic carbocycles. The molecule has 1 atom stereocenters. The van der Waals surface area contributed by atoms with Gasteiger partial charge in [0.25, 0.3) is 0 Å². The Morgan fingerprint density at radius 2 is 1.94 bits per heavy atom. The van der Waals surface area contributed by atoms with Gasteiger partial charge in [0.05, 0.1) is 6.26 Å². The van der Waals surface area contributed by atoms with Gasteiger partial charge >= 0.3 is 0 Å². The summed E-state index contributed by atoms with van der Waals surface area (Å²) < 4.78 is 25.4. The highest BCUT2D eigenvalue weighted by Gasteiger charge is 2.29. The van der Waals surface area contributed by atoms with E-state index in [1.165, 1.54) is 17.4 Å². The summed E-state index contributed by atoms with van der Waals surface area (Å²) in [4.78, 5) is 0. The zero-order valence-electron chi connectivity index (χ0n) is 11.1. The van der Waals surface area contributed by atoms with Crippen molar-refractivity contribution in [2.75, 3.05) is 12.8 Å². The first kappa shape index (κ1) is 13.6. The van der Waals surface area contributed by atoms with Crippen molar-refractivity contribution in [2.24, 2.45) is 0 Å². The second-order valence-corrected chi connectivity index (χ2v) is 6.97. The molecule has 100 valence electrons. The van der Waals surface area contributed by atoms with Gasteiger partial charge in [0.15, 0.2) is 0 Å². The first-order valence-electron chi connectivity index (χ1n) is 6.56. The minimum Gasteiger partial charge on any atom is -0.212 e. The number of rotatable bonds is 4. The molecule has 0 aromatic heterocycles.